The lowest BCUT2D eigenvalue weighted by Gasteiger charge is -1.89. The van der Waals surface area contributed by atoms with E-state index >= 15 is 0 Å². The van der Waals surface area contributed by atoms with E-state index in [0.29, 0.717) is 16.7 Å². The summed E-state index contributed by atoms with van der Waals surface area (Å²) in [6, 6.07) is 0. The number of rotatable bonds is 1. The average molecular weight is 153 g/mol. The quantitative estimate of drug-likeness (QED) is 0.462. The van der Waals surface area contributed by atoms with E-state index in [1.54, 1.807) is 6.92 Å². The van der Waals surface area contributed by atoms with E-state index in [-0.39, 0.29) is 0 Å². The van der Waals surface area contributed by atoms with Crippen LogP contribution in [0.5, 0.6) is 0 Å². The number of hydrogen-bond donors (Lipinski definition) is 1. The molecule has 2 nitrogen and oxygen atoms in total. The van der Waals surface area contributed by atoms with Crippen molar-refractivity contribution in [1.29, 1.82) is 0 Å². The smallest absolute Gasteiger partial charge is 0.254 e. The molecule has 0 atom stereocenters. The van der Waals surface area contributed by atoms with Gasteiger partial charge < -0.3 is 4.98 Å². The number of hydrogen-bond acceptors (Lipinski definition) is 1. The SMILES string of the molecule is [B]c1[nH]cc(C(=O)Cl)c1C. The summed E-state index contributed by atoms with van der Waals surface area (Å²) in [4.78, 5) is 13.3. The van der Waals surface area contributed by atoms with Gasteiger partial charge in [0.1, 0.15) is 7.85 Å². The second-order valence-corrected chi connectivity index (χ2v) is 2.36. The summed E-state index contributed by atoms with van der Waals surface area (Å²) in [5.74, 6) is 0. The van der Waals surface area contributed by atoms with E-state index < -0.39 is 5.24 Å². The van der Waals surface area contributed by atoms with Crippen molar-refractivity contribution in [2.75, 3.05) is 0 Å². The molecule has 0 aliphatic carbocycles. The summed E-state index contributed by atoms with van der Waals surface area (Å²) in [6.07, 6.45) is 1.50. The van der Waals surface area contributed by atoms with Crippen LogP contribution in [0.4, 0.5) is 0 Å². The number of aromatic nitrogens is 1. The molecule has 0 aliphatic heterocycles. The van der Waals surface area contributed by atoms with Crippen molar-refractivity contribution in [3.8, 4) is 0 Å². The van der Waals surface area contributed by atoms with Crippen LogP contribution in [0, 0.1) is 6.92 Å². The van der Waals surface area contributed by atoms with Gasteiger partial charge in [0, 0.05) is 6.20 Å². The van der Waals surface area contributed by atoms with E-state index in [2.05, 4.69) is 4.98 Å². The van der Waals surface area contributed by atoms with Gasteiger partial charge >= 0.3 is 0 Å². The van der Waals surface area contributed by atoms with Crippen LogP contribution in [0.25, 0.3) is 0 Å². The molecule has 0 aliphatic rings. The van der Waals surface area contributed by atoms with Crippen LogP contribution in [0.3, 0.4) is 0 Å². The minimum atomic E-state index is -0.481. The van der Waals surface area contributed by atoms with Gasteiger partial charge in [-0.1, -0.05) is 0 Å². The summed E-state index contributed by atoms with van der Waals surface area (Å²) in [5, 5.41) is -0.481. The molecule has 2 radical (unpaired) electrons. The Labute approximate surface area is 65.0 Å². The molecule has 0 unspecified atom stereocenters. The van der Waals surface area contributed by atoms with Crippen molar-refractivity contribution in [2.45, 2.75) is 6.92 Å². The van der Waals surface area contributed by atoms with Gasteiger partial charge in [-0.2, -0.15) is 0 Å². The highest BCUT2D eigenvalue weighted by molar-refractivity contribution is 6.68. The number of aromatic amines is 1. The Hall–Kier alpha value is -0.695. The maximum atomic E-state index is 10.6. The molecule has 1 aromatic rings. The highest BCUT2D eigenvalue weighted by Gasteiger charge is 2.07. The Morgan fingerprint density at radius 1 is 1.80 bits per heavy atom. The van der Waals surface area contributed by atoms with Gasteiger partial charge in [-0.15, -0.1) is 0 Å². The average Bonchev–Trinajstić information content (AvgIpc) is 2.14. The second kappa shape index (κ2) is 2.50. The van der Waals surface area contributed by atoms with Gasteiger partial charge in [-0.05, 0) is 29.7 Å². The number of H-pyrrole nitrogens is 1. The monoisotopic (exact) mass is 153 g/mol. The van der Waals surface area contributed by atoms with Crippen LogP contribution < -0.4 is 5.59 Å². The van der Waals surface area contributed by atoms with E-state index in [1.165, 1.54) is 6.20 Å². The topological polar surface area (TPSA) is 32.9 Å². The molecular weight excluding hydrogens is 148 g/mol. The third-order valence-corrected chi connectivity index (χ3v) is 1.60. The van der Waals surface area contributed by atoms with E-state index in [9.17, 15) is 4.79 Å². The zero-order chi connectivity index (χ0) is 7.72. The summed E-state index contributed by atoms with van der Waals surface area (Å²) in [5.41, 5.74) is 1.64. The number of nitrogens with one attached hydrogen (secondary N) is 1. The van der Waals surface area contributed by atoms with Crippen molar-refractivity contribution in [3.05, 3.63) is 17.3 Å². The molecule has 0 bridgehead atoms. The normalized spacial score (nSPS) is 9.80. The fourth-order valence-electron chi connectivity index (χ4n) is 0.716. The molecule has 4 heteroatoms. The molecule has 0 saturated carbocycles. The minimum Gasteiger partial charge on any atom is -0.374 e. The molecule has 0 fully saturated rings. The van der Waals surface area contributed by atoms with Crippen LogP contribution in [0.2, 0.25) is 0 Å². The maximum absolute atomic E-state index is 10.6. The lowest BCUT2D eigenvalue weighted by Crippen LogP contribution is -2.06. The summed E-state index contributed by atoms with van der Waals surface area (Å²) < 4.78 is 0. The number of halogens is 1. The van der Waals surface area contributed by atoms with E-state index in [1.807, 2.05) is 0 Å². The van der Waals surface area contributed by atoms with Crippen LogP contribution in [-0.2, 0) is 0 Å². The lowest BCUT2D eigenvalue weighted by molar-refractivity contribution is 0.108. The Balaban J connectivity index is 3.17. The van der Waals surface area contributed by atoms with Gasteiger partial charge in [0.15, 0.2) is 0 Å². The molecule has 10 heavy (non-hydrogen) atoms. The molecular formula is C6H5BClNO. The molecule has 1 aromatic heterocycles. The molecule has 0 amide bonds. The van der Waals surface area contributed by atoms with Gasteiger partial charge in [0.2, 0.25) is 0 Å². The number of carbonyl (C=O) groups excluding carboxylic acids is 1. The zero-order valence-electron chi connectivity index (χ0n) is 5.44. The van der Waals surface area contributed by atoms with Gasteiger partial charge in [0.05, 0.1) is 5.56 Å². The minimum absolute atomic E-state index is 0.444. The van der Waals surface area contributed by atoms with Crippen molar-refractivity contribution < 1.29 is 4.79 Å². The highest BCUT2D eigenvalue weighted by Crippen LogP contribution is 2.05. The fraction of sp³-hybridized carbons (Fsp3) is 0.167. The van der Waals surface area contributed by atoms with Crippen LogP contribution in [0.15, 0.2) is 6.20 Å². The van der Waals surface area contributed by atoms with Crippen LogP contribution >= 0.6 is 11.6 Å². The first kappa shape index (κ1) is 7.41. The maximum Gasteiger partial charge on any atom is 0.254 e. The molecule has 1 rings (SSSR count). The summed E-state index contributed by atoms with van der Waals surface area (Å²) in [7, 11) is 5.41. The molecule has 1 heterocycles. The zero-order valence-corrected chi connectivity index (χ0v) is 6.20. The first-order chi connectivity index (χ1) is 4.63. The lowest BCUT2D eigenvalue weighted by atomic mass is 9.99. The Kier molecular flexibility index (Phi) is 1.86. The first-order valence-electron chi connectivity index (χ1n) is 2.76. The summed E-state index contributed by atoms with van der Waals surface area (Å²) >= 11 is 5.21. The fourth-order valence-corrected chi connectivity index (χ4v) is 0.912. The Bertz CT molecular complexity index is 269. The molecule has 0 spiro atoms. The predicted octanol–water partition coefficient (Wildman–Crippen LogP) is 0.496. The third kappa shape index (κ3) is 1.09. The Morgan fingerprint density at radius 3 is 2.60 bits per heavy atom. The van der Waals surface area contributed by atoms with E-state index in [0.717, 1.165) is 0 Å². The van der Waals surface area contributed by atoms with Crippen LogP contribution in [0.1, 0.15) is 15.9 Å². The van der Waals surface area contributed by atoms with Crippen molar-refractivity contribution >= 4 is 30.3 Å². The van der Waals surface area contributed by atoms with Crippen molar-refractivity contribution in [1.82, 2.24) is 4.98 Å². The molecule has 0 aromatic carbocycles. The van der Waals surface area contributed by atoms with E-state index in [4.69, 9.17) is 19.4 Å². The third-order valence-electron chi connectivity index (χ3n) is 1.39. The standard InChI is InChI=1S/C6H5BClNO/c1-3-4(6(8)10)2-9-5(3)7/h2,9H,1H3. The molecule has 50 valence electrons. The predicted molar refractivity (Wildman–Crippen MR) is 41.1 cm³/mol. The van der Waals surface area contributed by atoms with Crippen molar-refractivity contribution in [2.24, 2.45) is 0 Å². The summed E-state index contributed by atoms with van der Waals surface area (Å²) in [6.45, 7) is 1.74. The Morgan fingerprint density at radius 2 is 2.40 bits per heavy atom. The highest BCUT2D eigenvalue weighted by atomic mass is 35.5. The van der Waals surface area contributed by atoms with Crippen molar-refractivity contribution in [3.63, 3.8) is 0 Å². The number of carbonyl (C=O) groups is 1. The van der Waals surface area contributed by atoms with Gasteiger partial charge in [-0.25, -0.2) is 0 Å². The molecule has 1 N–H and O–H groups in total. The first-order valence-corrected chi connectivity index (χ1v) is 3.14. The van der Waals surface area contributed by atoms with Crippen LogP contribution in [-0.4, -0.2) is 18.1 Å². The van der Waals surface area contributed by atoms with Gasteiger partial charge in [-0.3, -0.25) is 4.79 Å². The largest absolute Gasteiger partial charge is 0.374 e. The molecule has 0 saturated heterocycles. The second-order valence-electron chi connectivity index (χ2n) is 2.01. The van der Waals surface area contributed by atoms with Gasteiger partial charge in [0.25, 0.3) is 5.24 Å².